The average Bonchev–Trinajstić information content (AvgIpc) is 2.27. The Bertz CT molecular complexity index is 293. The summed E-state index contributed by atoms with van der Waals surface area (Å²) in [4.78, 5) is 0. The fourth-order valence-corrected chi connectivity index (χ4v) is 3.09. The predicted molar refractivity (Wildman–Crippen MR) is 72.4 cm³/mol. The van der Waals surface area contributed by atoms with E-state index in [-0.39, 0.29) is 57.8 Å². The van der Waals surface area contributed by atoms with Gasteiger partial charge in [0.05, 0.1) is 21.5 Å². The average molecular weight is 319 g/mol. The monoisotopic (exact) mass is 318 g/mol. The van der Waals surface area contributed by atoms with Crippen LogP contribution in [0.2, 0.25) is 0 Å². The van der Waals surface area contributed by atoms with Gasteiger partial charge < -0.3 is 9.66 Å². The third-order valence-electron chi connectivity index (χ3n) is 3.19. The SMILES string of the molecule is CCCCCCCC(O)CC(CCC)S(=O)(=O)[O-].[K+]. The molecular weight excluding hydrogens is 291 g/mol. The molecule has 4 nitrogen and oxygen atoms in total. The smallest absolute Gasteiger partial charge is 0.748 e. The van der Waals surface area contributed by atoms with Crippen LogP contribution < -0.4 is 51.4 Å². The number of unbranched alkanes of at least 4 members (excludes halogenated alkanes) is 4. The maximum Gasteiger partial charge on any atom is 1.00 e. The maximum atomic E-state index is 11.0. The fourth-order valence-electron chi connectivity index (χ4n) is 2.11. The van der Waals surface area contributed by atoms with Crippen LogP contribution in [-0.2, 0) is 10.1 Å². The molecule has 0 bridgehead atoms. The van der Waals surface area contributed by atoms with E-state index in [1.165, 1.54) is 12.8 Å². The summed E-state index contributed by atoms with van der Waals surface area (Å²) in [5.74, 6) is 0. The van der Waals surface area contributed by atoms with E-state index in [4.69, 9.17) is 0 Å². The van der Waals surface area contributed by atoms with Crippen LogP contribution in [0.1, 0.15) is 71.6 Å². The molecule has 0 aliphatic carbocycles. The van der Waals surface area contributed by atoms with Crippen molar-refractivity contribution in [2.45, 2.75) is 83.0 Å². The van der Waals surface area contributed by atoms with Gasteiger partial charge in [-0.15, -0.1) is 0 Å². The van der Waals surface area contributed by atoms with E-state index in [1.807, 2.05) is 6.92 Å². The van der Waals surface area contributed by atoms with Gasteiger partial charge in [0.1, 0.15) is 0 Å². The quantitative estimate of drug-likeness (QED) is 0.326. The normalized spacial score (nSPS) is 14.7. The second kappa shape index (κ2) is 13.2. The molecule has 2 unspecified atom stereocenters. The molecule has 1 N–H and O–H groups in total. The molecule has 0 saturated heterocycles. The van der Waals surface area contributed by atoms with E-state index < -0.39 is 21.5 Å². The summed E-state index contributed by atoms with van der Waals surface area (Å²) < 4.78 is 33.0. The van der Waals surface area contributed by atoms with Crippen molar-refractivity contribution in [2.24, 2.45) is 0 Å². The van der Waals surface area contributed by atoms with Crippen molar-refractivity contribution in [1.29, 1.82) is 0 Å². The van der Waals surface area contributed by atoms with E-state index in [9.17, 15) is 18.1 Å². The minimum atomic E-state index is -4.27. The van der Waals surface area contributed by atoms with Crippen LogP contribution >= 0.6 is 0 Å². The Balaban J connectivity index is 0. The van der Waals surface area contributed by atoms with Crippen molar-refractivity contribution in [3.63, 3.8) is 0 Å². The van der Waals surface area contributed by atoms with Gasteiger partial charge in [-0.2, -0.15) is 0 Å². The zero-order valence-corrected chi connectivity index (χ0v) is 16.5. The fraction of sp³-hybridized carbons (Fsp3) is 1.00. The third-order valence-corrected chi connectivity index (χ3v) is 4.44. The molecule has 0 fully saturated rings. The van der Waals surface area contributed by atoms with Gasteiger partial charge in [0.2, 0.25) is 0 Å². The first-order valence-corrected chi connectivity index (χ1v) is 8.51. The Kier molecular flexibility index (Phi) is 15.8. The molecule has 0 saturated carbocycles. The summed E-state index contributed by atoms with van der Waals surface area (Å²) >= 11 is 0. The van der Waals surface area contributed by atoms with Crippen LogP contribution in [0.15, 0.2) is 0 Å². The molecule has 0 rings (SSSR count). The van der Waals surface area contributed by atoms with Crippen LogP contribution in [0.5, 0.6) is 0 Å². The van der Waals surface area contributed by atoms with Crippen LogP contribution in [0.3, 0.4) is 0 Å². The van der Waals surface area contributed by atoms with Gasteiger partial charge in [0.25, 0.3) is 0 Å². The van der Waals surface area contributed by atoms with E-state index in [0.29, 0.717) is 19.3 Å². The molecule has 2 atom stereocenters. The Morgan fingerprint density at radius 2 is 1.58 bits per heavy atom. The number of aliphatic hydroxyl groups excluding tert-OH is 1. The van der Waals surface area contributed by atoms with Crippen molar-refractivity contribution in [2.75, 3.05) is 0 Å². The molecule has 6 heteroatoms. The largest absolute Gasteiger partial charge is 1.00 e. The first kappa shape index (κ1) is 22.8. The molecule has 0 aliphatic heterocycles. The minimum absolute atomic E-state index is 0. The van der Waals surface area contributed by atoms with Crippen LogP contribution in [0.4, 0.5) is 0 Å². The molecule has 0 radical (unpaired) electrons. The zero-order chi connectivity index (χ0) is 14.0. The van der Waals surface area contributed by atoms with E-state index in [2.05, 4.69) is 6.92 Å². The Hall–Kier alpha value is 1.51. The molecule has 0 aromatic carbocycles. The first-order chi connectivity index (χ1) is 8.41. The summed E-state index contributed by atoms with van der Waals surface area (Å²) in [7, 11) is -4.27. The molecule has 0 spiro atoms. The Morgan fingerprint density at radius 3 is 2.05 bits per heavy atom. The summed E-state index contributed by atoms with van der Waals surface area (Å²) in [6, 6.07) is 0. The summed E-state index contributed by atoms with van der Waals surface area (Å²) in [6.45, 7) is 3.98. The molecule has 0 aliphatic rings. The molecule has 110 valence electrons. The number of rotatable bonds is 11. The van der Waals surface area contributed by atoms with E-state index in [1.54, 1.807) is 0 Å². The zero-order valence-electron chi connectivity index (χ0n) is 12.6. The molecule has 0 heterocycles. The predicted octanol–water partition coefficient (Wildman–Crippen LogP) is -0.184. The van der Waals surface area contributed by atoms with Crippen molar-refractivity contribution in [3.05, 3.63) is 0 Å². The second-order valence-electron chi connectivity index (χ2n) is 5.00. The van der Waals surface area contributed by atoms with Crippen LogP contribution in [0, 0.1) is 0 Å². The van der Waals surface area contributed by atoms with Crippen molar-refractivity contribution >= 4 is 10.1 Å². The van der Waals surface area contributed by atoms with Gasteiger partial charge >= 0.3 is 51.4 Å². The van der Waals surface area contributed by atoms with Crippen molar-refractivity contribution in [3.8, 4) is 0 Å². The topological polar surface area (TPSA) is 77.4 Å². The van der Waals surface area contributed by atoms with E-state index in [0.717, 1.165) is 19.3 Å². The minimum Gasteiger partial charge on any atom is -0.748 e. The summed E-state index contributed by atoms with van der Waals surface area (Å²) in [5, 5.41) is 8.84. The number of aliphatic hydroxyl groups is 1. The second-order valence-corrected chi connectivity index (χ2v) is 6.65. The molecular formula is C13H27KO4S. The number of hydrogen-bond donors (Lipinski definition) is 1. The van der Waals surface area contributed by atoms with Gasteiger partial charge in [0.15, 0.2) is 0 Å². The molecule has 0 amide bonds. The standard InChI is InChI=1S/C13H28O4S.K/c1-3-5-6-7-8-10-12(14)11-13(9-4-2)18(15,16)17;/h12-14H,3-11H2,1-2H3,(H,15,16,17);/q;+1/p-1. The van der Waals surface area contributed by atoms with Crippen molar-refractivity contribution < 1.29 is 69.5 Å². The Labute approximate surface area is 160 Å². The van der Waals surface area contributed by atoms with Crippen LogP contribution in [-0.4, -0.2) is 29.4 Å². The molecule has 0 aromatic heterocycles. The van der Waals surface area contributed by atoms with Gasteiger partial charge in [0, 0.05) is 0 Å². The van der Waals surface area contributed by atoms with E-state index >= 15 is 0 Å². The van der Waals surface area contributed by atoms with Gasteiger partial charge in [-0.3, -0.25) is 0 Å². The van der Waals surface area contributed by atoms with Crippen LogP contribution in [0.25, 0.3) is 0 Å². The summed E-state index contributed by atoms with van der Waals surface area (Å²) in [6.07, 6.45) is 6.51. The maximum absolute atomic E-state index is 11.0. The number of hydrogen-bond acceptors (Lipinski definition) is 4. The van der Waals surface area contributed by atoms with Crippen molar-refractivity contribution in [1.82, 2.24) is 0 Å². The van der Waals surface area contributed by atoms with Gasteiger partial charge in [-0.1, -0.05) is 52.4 Å². The molecule has 0 aromatic rings. The first-order valence-electron chi connectivity index (χ1n) is 7.04. The third kappa shape index (κ3) is 12.9. The summed E-state index contributed by atoms with van der Waals surface area (Å²) in [5.41, 5.74) is 0. The van der Waals surface area contributed by atoms with Gasteiger partial charge in [-0.25, -0.2) is 8.42 Å². The van der Waals surface area contributed by atoms with Gasteiger partial charge in [-0.05, 0) is 19.3 Å². The Morgan fingerprint density at radius 1 is 1.00 bits per heavy atom. The molecule has 19 heavy (non-hydrogen) atoms.